The summed E-state index contributed by atoms with van der Waals surface area (Å²) in [6.45, 7) is 2.05. The lowest BCUT2D eigenvalue weighted by Crippen LogP contribution is -2.38. The molecule has 1 unspecified atom stereocenters. The van der Waals surface area contributed by atoms with Crippen LogP contribution in [0.2, 0.25) is 0 Å². The Morgan fingerprint density at radius 2 is 1.86 bits per heavy atom. The van der Waals surface area contributed by atoms with Gasteiger partial charge in [-0.05, 0) is 44.0 Å². The molecule has 1 aliphatic rings. The number of rotatable bonds is 5. The van der Waals surface area contributed by atoms with E-state index >= 15 is 0 Å². The first-order valence-electron chi connectivity index (χ1n) is 6.80. The SMILES string of the molecule is CS(=O)(=O)c1ccccc1S(=O)(=O)NCC1CCCNC1. The van der Waals surface area contributed by atoms with Crippen LogP contribution in [-0.4, -0.2) is 42.7 Å². The van der Waals surface area contributed by atoms with Crippen molar-refractivity contribution in [3.63, 3.8) is 0 Å². The maximum atomic E-state index is 12.3. The second-order valence-corrected chi connectivity index (χ2v) is 9.00. The minimum atomic E-state index is -3.83. The molecule has 0 aliphatic carbocycles. The van der Waals surface area contributed by atoms with Crippen LogP contribution in [0, 0.1) is 5.92 Å². The van der Waals surface area contributed by atoms with Crippen LogP contribution in [0.3, 0.4) is 0 Å². The maximum Gasteiger partial charge on any atom is 0.241 e. The molecule has 1 aliphatic heterocycles. The van der Waals surface area contributed by atoms with Gasteiger partial charge in [-0.15, -0.1) is 0 Å². The van der Waals surface area contributed by atoms with E-state index in [1.54, 1.807) is 0 Å². The van der Waals surface area contributed by atoms with Gasteiger partial charge in [0.25, 0.3) is 0 Å². The molecule has 0 aromatic heterocycles. The average molecular weight is 332 g/mol. The van der Waals surface area contributed by atoms with E-state index < -0.39 is 19.9 Å². The molecule has 0 saturated carbocycles. The molecule has 1 aromatic carbocycles. The highest BCUT2D eigenvalue weighted by Crippen LogP contribution is 2.20. The second-order valence-electron chi connectivity index (χ2n) is 5.28. The molecular weight excluding hydrogens is 312 g/mol. The monoisotopic (exact) mass is 332 g/mol. The van der Waals surface area contributed by atoms with E-state index in [1.165, 1.54) is 24.3 Å². The summed E-state index contributed by atoms with van der Waals surface area (Å²) < 4.78 is 50.6. The van der Waals surface area contributed by atoms with Gasteiger partial charge in [0.1, 0.15) is 4.90 Å². The first kappa shape index (κ1) is 16.4. The summed E-state index contributed by atoms with van der Waals surface area (Å²) in [4.78, 5) is -0.351. The van der Waals surface area contributed by atoms with E-state index in [-0.39, 0.29) is 15.7 Å². The first-order chi connectivity index (χ1) is 9.81. The van der Waals surface area contributed by atoms with E-state index in [9.17, 15) is 16.8 Å². The molecule has 1 aromatic rings. The van der Waals surface area contributed by atoms with Gasteiger partial charge in [0.15, 0.2) is 9.84 Å². The van der Waals surface area contributed by atoms with Crippen LogP contribution in [0.25, 0.3) is 0 Å². The Bertz CT molecular complexity index is 693. The van der Waals surface area contributed by atoms with Crippen molar-refractivity contribution in [1.82, 2.24) is 10.0 Å². The van der Waals surface area contributed by atoms with E-state index in [2.05, 4.69) is 10.0 Å². The fraction of sp³-hybridized carbons (Fsp3) is 0.538. The van der Waals surface area contributed by atoms with Gasteiger partial charge in [-0.1, -0.05) is 12.1 Å². The summed E-state index contributed by atoms with van der Waals surface area (Å²) in [7, 11) is -7.42. The summed E-state index contributed by atoms with van der Waals surface area (Å²) in [5.41, 5.74) is 0. The first-order valence-corrected chi connectivity index (χ1v) is 10.2. The Labute approximate surface area is 125 Å². The van der Waals surface area contributed by atoms with Crippen molar-refractivity contribution in [3.8, 4) is 0 Å². The number of sulfonamides is 1. The standard InChI is InChI=1S/C13H20N2O4S2/c1-20(16,17)12-6-2-3-7-13(12)21(18,19)15-10-11-5-4-8-14-9-11/h2-3,6-7,11,14-15H,4-5,8-10H2,1H3. The smallest absolute Gasteiger partial charge is 0.241 e. The molecule has 1 atom stereocenters. The summed E-state index contributed by atoms with van der Waals surface area (Å²) in [6, 6.07) is 5.66. The highest BCUT2D eigenvalue weighted by Gasteiger charge is 2.24. The third-order valence-electron chi connectivity index (χ3n) is 3.50. The van der Waals surface area contributed by atoms with Gasteiger partial charge in [-0.2, -0.15) is 0 Å². The fourth-order valence-corrected chi connectivity index (χ4v) is 5.13. The van der Waals surface area contributed by atoms with E-state index in [1.807, 2.05) is 0 Å². The molecule has 0 bridgehead atoms. The van der Waals surface area contributed by atoms with Gasteiger partial charge in [0, 0.05) is 12.8 Å². The molecule has 1 saturated heterocycles. The molecular formula is C13H20N2O4S2. The number of hydrogen-bond acceptors (Lipinski definition) is 5. The summed E-state index contributed by atoms with van der Waals surface area (Å²) in [6.07, 6.45) is 2.99. The van der Waals surface area contributed by atoms with Crippen molar-refractivity contribution in [2.45, 2.75) is 22.6 Å². The average Bonchev–Trinajstić information content (AvgIpc) is 2.45. The molecule has 0 radical (unpaired) electrons. The predicted octanol–water partition coefficient (Wildman–Crippen LogP) is 0.368. The molecule has 6 nitrogen and oxygen atoms in total. The molecule has 1 fully saturated rings. The largest absolute Gasteiger partial charge is 0.316 e. The van der Waals surface area contributed by atoms with Crippen LogP contribution in [0.15, 0.2) is 34.1 Å². The molecule has 21 heavy (non-hydrogen) atoms. The third kappa shape index (κ3) is 4.26. The maximum absolute atomic E-state index is 12.3. The molecule has 118 valence electrons. The Hall–Kier alpha value is -0.960. The Balaban J connectivity index is 2.20. The lowest BCUT2D eigenvalue weighted by molar-refractivity contribution is 0.375. The Morgan fingerprint density at radius 1 is 1.19 bits per heavy atom. The van der Waals surface area contributed by atoms with Gasteiger partial charge >= 0.3 is 0 Å². The second kappa shape index (κ2) is 6.43. The lowest BCUT2D eigenvalue weighted by Gasteiger charge is -2.23. The van der Waals surface area contributed by atoms with Gasteiger partial charge in [-0.25, -0.2) is 21.6 Å². The Morgan fingerprint density at radius 3 is 2.43 bits per heavy atom. The zero-order valence-electron chi connectivity index (χ0n) is 11.9. The fourth-order valence-electron chi connectivity index (χ4n) is 2.38. The van der Waals surface area contributed by atoms with Crippen LogP contribution in [0.4, 0.5) is 0 Å². The van der Waals surface area contributed by atoms with Crippen molar-refractivity contribution >= 4 is 19.9 Å². The van der Waals surface area contributed by atoms with E-state index in [0.717, 1.165) is 32.2 Å². The zero-order valence-corrected chi connectivity index (χ0v) is 13.5. The van der Waals surface area contributed by atoms with E-state index in [0.29, 0.717) is 6.54 Å². The topological polar surface area (TPSA) is 92.3 Å². The molecule has 2 N–H and O–H groups in total. The van der Waals surface area contributed by atoms with Crippen molar-refractivity contribution in [2.24, 2.45) is 5.92 Å². The third-order valence-corrected chi connectivity index (χ3v) is 6.26. The van der Waals surface area contributed by atoms with Crippen molar-refractivity contribution < 1.29 is 16.8 Å². The molecule has 8 heteroatoms. The number of nitrogens with one attached hydrogen (secondary N) is 2. The summed E-state index contributed by atoms with van der Waals surface area (Å²) in [5, 5.41) is 3.22. The highest BCUT2D eigenvalue weighted by molar-refractivity contribution is 7.93. The van der Waals surface area contributed by atoms with Crippen molar-refractivity contribution in [2.75, 3.05) is 25.9 Å². The van der Waals surface area contributed by atoms with Gasteiger partial charge in [0.05, 0.1) is 4.90 Å². The van der Waals surface area contributed by atoms with Gasteiger partial charge in [-0.3, -0.25) is 0 Å². The predicted molar refractivity (Wildman–Crippen MR) is 80.3 cm³/mol. The molecule has 2 rings (SSSR count). The normalized spacial score (nSPS) is 20.3. The van der Waals surface area contributed by atoms with Crippen LogP contribution in [0.1, 0.15) is 12.8 Å². The molecule has 0 amide bonds. The summed E-state index contributed by atoms with van der Waals surface area (Å²) in [5.74, 6) is 0.235. The highest BCUT2D eigenvalue weighted by atomic mass is 32.2. The Kier molecular flexibility index (Phi) is 5.03. The quantitative estimate of drug-likeness (QED) is 0.813. The van der Waals surface area contributed by atoms with Crippen LogP contribution in [0.5, 0.6) is 0 Å². The van der Waals surface area contributed by atoms with E-state index in [4.69, 9.17) is 0 Å². The number of piperidine rings is 1. The minimum Gasteiger partial charge on any atom is -0.316 e. The van der Waals surface area contributed by atoms with Crippen LogP contribution >= 0.6 is 0 Å². The minimum absolute atomic E-state index is 0.167. The lowest BCUT2D eigenvalue weighted by atomic mass is 10.0. The zero-order chi connectivity index (χ0) is 15.5. The van der Waals surface area contributed by atoms with Gasteiger partial charge in [0.2, 0.25) is 10.0 Å². The number of hydrogen-bond donors (Lipinski definition) is 2. The van der Waals surface area contributed by atoms with Crippen LogP contribution < -0.4 is 10.0 Å². The molecule has 1 heterocycles. The number of sulfone groups is 1. The molecule has 0 spiro atoms. The van der Waals surface area contributed by atoms with Crippen LogP contribution in [-0.2, 0) is 19.9 Å². The number of benzene rings is 1. The van der Waals surface area contributed by atoms with Crippen molar-refractivity contribution in [3.05, 3.63) is 24.3 Å². The van der Waals surface area contributed by atoms with Crippen molar-refractivity contribution in [1.29, 1.82) is 0 Å². The summed E-state index contributed by atoms with van der Waals surface area (Å²) >= 11 is 0. The van der Waals surface area contributed by atoms with Gasteiger partial charge < -0.3 is 5.32 Å².